The number of ether oxygens (including phenoxy) is 1. The zero-order valence-corrected chi connectivity index (χ0v) is 10.5. The van der Waals surface area contributed by atoms with Crippen molar-refractivity contribution in [3.63, 3.8) is 0 Å². The van der Waals surface area contributed by atoms with Gasteiger partial charge in [0.15, 0.2) is 0 Å². The molecule has 0 aliphatic carbocycles. The largest absolute Gasteiger partial charge is 0.383 e. The number of nitrogens with one attached hydrogen (secondary N) is 2. The second-order valence-electron chi connectivity index (χ2n) is 3.48. The van der Waals surface area contributed by atoms with Crippen molar-refractivity contribution in [1.82, 2.24) is 5.32 Å². The first-order valence-corrected chi connectivity index (χ1v) is 5.79. The van der Waals surface area contributed by atoms with E-state index in [2.05, 4.69) is 10.6 Å². The van der Waals surface area contributed by atoms with Gasteiger partial charge in [0.1, 0.15) is 0 Å². The normalized spacial score (nSPS) is 9.94. The molecule has 0 amide bonds. The molecular weight excluding hydrogens is 238 g/mol. The summed E-state index contributed by atoms with van der Waals surface area (Å²) in [5.41, 5.74) is 1.41. The monoisotopic (exact) mass is 253 g/mol. The molecule has 0 aromatic heterocycles. The van der Waals surface area contributed by atoms with Gasteiger partial charge in [0.25, 0.3) is 0 Å². The number of benzene rings is 1. The van der Waals surface area contributed by atoms with Gasteiger partial charge in [0, 0.05) is 26.7 Å². The Labute approximate surface area is 107 Å². The molecule has 0 aliphatic heterocycles. The molecule has 0 fully saturated rings. The predicted octanol–water partition coefficient (Wildman–Crippen LogP) is 1.86. The van der Waals surface area contributed by atoms with E-state index in [0.29, 0.717) is 17.2 Å². The summed E-state index contributed by atoms with van der Waals surface area (Å²) in [4.78, 5) is 0. The van der Waals surface area contributed by atoms with Gasteiger partial charge >= 0.3 is 0 Å². The van der Waals surface area contributed by atoms with Crippen molar-refractivity contribution in [1.29, 1.82) is 5.26 Å². The lowest BCUT2D eigenvalue weighted by atomic mass is 10.2. The van der Waals surface area contributed by atoms with Crippen LogP contribution in [0.5, 0.6) is 0 Å². The van der Waals surface area contributed by atoms with Crippen molar-refractivity contribution in [2.75, 3.05) is 38.7 Å². The van der Waals surface area contributed by atoms with Crippen LogP contribution in [0.3, 0.4) is 0 Å². The summed E-state index contributed by atoms with van der Waals surface area (Å²) in [7, 11) is 1.68. The number of rotatable bonds is 7. The van der Waals surface area contributed by atoms with Crippen LogP contribution in [0.25, 0.3) is 0 Å². The Hall–Kier alpha value is -1.28. The first-order chi connectivity index (χ1) is 8.27. The minimum Gasteiger partial charge on any atom is -0.383 e. The molecule has 1 aromatic rings. The van der Waals surface area contributed by atoms with Gasteiger partial charge in [-0.15, -0.1) is 0 Å². The molecule has 4 nitrogen and oxygen atoms in total. The van der Waals surface area contributed by atoms with Gasteiger partial charge < -0.3 is 15.4 Å². The summed E-state index contributed by atoms with van der Waals surface area (Å²) < 4.78 is 4.92. The summed E-state index contributed by atoms with van der Waals surface area (Å²) in [6, 6.07) is 7.26. The highest BCUT2D eigenvalue weighted by atomic mass is 35.5. The second-order valence-corrected chi connectivity index (χ2v) is 3.88. The highest BCUT2D eigenvalue weighted by Crippen LogP contribution is 2.22. The van der Waals surface area contributed by atoms with Crippen molar-refractivity contribution < 1.29 is 4.74 Å². The van der Waals surface area contributed by atoms with Crippen LogP contribution in [0.4, 0.5) is 5.69 Å². The topological polar surface area (TPSA) is 57.1 Å². The van der Waals surface area contributed by atoms with Gasteiger partial charge in [-0.05, 0) is 18.2 Å². The van der Waals surface area contributed by atoms with E-state index in [1.807, 2.05) is 12.1 Å². The number of hydrogen-bond donors (Lipinski definition) is 2. The fourth-order valence-electron chi connectivity index (χ4n) is 1.31. The minimum absolute atomic E-state index is 0.568. The van der Waals surface area contributed by atoms with Crippen LogP contribution in [0, 0.1) is 11.3 Å². The molecule has 1 rings (SSSR count). The standard InChI is InChI=1S/C12H16ClN3O/c1-17-7-6-15-4-5-16-12-3-2-10(9-14)8-11(12)13/h2-3,8,15-16H,4-7H2,1H3. The summed E-state index contributed by atoms with van der Waals surface area (Å²) >= 11 is 6.02. The zero-order valence-electron chi connectivity index (χ0n) is 9.79. The molecule has 5 heteroatoms. The molecule has 0 spiro atoms. The van der Waals surface area contributed by atoms with E-state index in [4.69, 9.17) is 21.6 Å². The number of nitrogens with zero attached hydrogens (tertiary/aromatic N) is 1. The molecule has 0 aliphatic rings. The van der Waals surface area contributed by atoms with Gasteiger partial charge in [-0.2, -0.15) is 5.26 Å². The Morgan fingerprint density at radius 2 is 2.18 bits per heavy atom. The Morgan fingerprint density at radius 1 is 1.35 bits per heavy atom. The first kappa shape index (κ1) is 13.8. The fourth-order valence-corrected chi connectivity index (χ4v) is 1.56. The maximum Gasteiger partial charge on any atom is 0.0992 e. The third-order valence-electron chi connectivity index (χ3n) is 2.20. The minimum atomic E-state index is 0.568. The summed E-state index contributed by atoms with van der Waals surface area (Å²) in [6.07, 6.45) is 0. The number of methoxy groups -OCH3 is 1. The molecule has 0 saturated carbocycles. The second kappa shape index (κ2) is 7.91. The van der Waals surface area contributed by atoms with Gasteiger partial charge in [-0.3, -0.25) is 0 Å². The average Bonchev–Trinajstić information content (AvgIpc) is 2.35. The fraction of sp³-hybridized carbons (Fsp3) is 0.417. The average molecular weight is 254 g/mol. The lowest BCUT2D eigenvalue weighted by Crippen LogP contribution is -2.25. The molecule has 0 bridgehead atoms. The molecule has 0 atom stereocenters. The van der Waals surface area contributed by atoms with Gasteiger partial charge in [-0.1, -0.05) is 11.6 Å². The molecule has 1 aromatic carbocycles. The van der Waals surface area contributed by atoms with Crippen LogP contribution in [-0.4, -0.2) is 33.4 Å². The predicted molar refractivity (Wildman–Crippen MR) is 69.4 cm³/mol. The third-order valence-corrected chi connectivity index (χ3v) is 2.51. The number of hydrogen-bond acceptors (Lipinski definition) is 4. The van der Waals surface area contributed by atoms with Crippen molar-refractivity contribution >= 4 is 17.3 Å². The Morgan fingerprint density at radius 3 is 2.82 bits per heavy atom. The Kier molecular flexibility index (Phi) is 6.41. The lowest BCUT2D eigenvalue weighted by molar-refractivity contribution is 0.200. The maximum atomic E-state index is 8.70. The molecule has 0 saturated heterocycles. The van der Waals surface area contributed by atoms with Crippen molar-refractivity contribution in [2.24, 2.45) is 0 Å². The quantitative estimate of drug-likeness (QED) is 0.729. The van der Waals surface area contributed by atoms with Gasteiger partial charge in [0.05, 0.1) is 28.9 Å². The smallest absolute Gasteiger partial charge is 0.0992 e. The van der Waals surface area contributed by atoms with E-state index in [9.17, 15) is 0 Å². The van der Waals surface area contributed by atoms with Crippen molar-refractivity contribution in [3.8, 4) is 6.07 Å². The van der Waals surface area contributed by atoms with E-state index in [1.165, 1.54) is 0 Å². The van der Waals surface area contributed by atoms with E-state index < -0.39 is 0 Å². The first-order valence-electron chi connectivity index (χ1n) is 5.41. The van der Waals surface area contributed by atoms with Crippen LogP contribution in [-0.2, 0) is 4.74 Å². The molecule has 0 radical (unpaired) electrons. The van der Waals surface area contributed by atoms with Crippen LogP contribution < -0.4 is 10.6 Å². The SMILES string of the molecule is COCCNCCNc1ccc(C#N)cc1Cl. The number of anilines is 1. The molecule has 92 valence electrons. The number of nitriles is 1. The Balaban J connectivity index is 2.30. The van der Waals surface area contributed by atoms with Crippen LogP contribution >= 0.6 is 11.6 Å². The highest BCUT2D eigenvalue weighted by Gasteiger charge is 2.00. The van der Waals surface area contributed by atoms with Gasteiger partial charge in [-0.25, -0.2) is 0 Å². The summed E-state index contributed by atoms with van der Waals surface area (Å²) in [5.74, 6) is 0. The van der Waals surface area contributed by atoms with E-state index >= 15 is 0 Å². The molecule has 2 N–H and O–H groups in total. The van der Waals surface area contributed by atoms with E-state index in [0.717, 1.165) is 25.3 Å². The molecule has 0 unspecified atom stereocenters. The Bertz CT molecular complexity index is 390. The highest BCUT2D eigenvalue weighted by molar-refractivity contribution is 6.33. The molecular formula is C12H16ClN3O. The summed E-state index contributed by atoms with van der Waals surface area (Å²) in [5, 5.41) is 15.7. The van der Waals surface area contributed by atoms with Crippen molar-refractivity contribution in [3.05, 3.63) is 28.8 Å². The third kappa shape index (κ3) is 5.05. The van der Waals surface area contributed by atoms with E-state index in [-0.39, 0.29) is 0 Å². The van der Waals surface area contributed by atoms with Crippen LogP contribution in [0.1, 0.15) is 5.56 Å². The number of halogens is 1. The van der Waals surface area contributed by atoms with Gasteiger partial charge in [0.2, 0.25) is 0 Å². The van der Waals surface area contributed by atoms with Crippen molar-refractivity contribution in [2.45, 2.75) is 0 Å². The molecule has 17 heavy (non-hydrogen) atoms. The van der Waals surface area contributed by atoms with Crippen LogP contribution in [0.15, 0.2) is 18.2 Å². The summed E-state index contributed by atoms with van der Waals surface area (Å²) in [6.45, 7) is 3.14. The van der Waals surface area contributed by atoms with Crippen LogP contribution in [0.2, 0.25) is 5.02 Å². The maximum absolute atomic E-state index is 8.70. The van der Waals surface area contributed by atoms with E-state index in [1.54, 1.807) is 19.2 Å². The molecule has 0 heterocycles. The zero-order chi connectivity index (χ0) is 12.5. The lowest BCUT2D eigenvalue weighted by Gasteiger charge is -2.09.